The van der Waals surface area contributed by atoms with Crippen molar-refractivity contribution in [3.8, 4) is 11.8 Å². The minimum absolute atomic E-state index is 0.204. The highest BCUT2D eigenvalue weighted by atomic mass is 35.5. The molecule has 0 aliphatic heterocycles. The monoisotopic (exact) mass is 223 g/mol. The normalized spacial score (nSPS) is 11.9. The minimum Gasteiger partial charge on any atom is -0.494 e. The van der Waals surface area contributed by atoms with Crippen molar-refractivity contribution in [2.75, 3.05) is 6.61 Å². The van der Waals surface area contributed by atoms with E-state index < -0.39 is 0 Å². The van der Waals surface area contributed by atoms with Gasteiger partial charge in [0.2, 0.25) is 0 Å². The Bertz CT molecular complexity index is 395. The van der Waals surface area contributed by atoms with Crippen molar-refractivity contribution in [2.24, 2.45) is 0 Å². The Morgan fingerprint density at radius 2 is 2.20 bits per heavy atom. The van der Waals surface area contributed by atoms with Crippen LogP contribution in [0.4, 0.5) is 0 Å². The van der Waals surface area contributed by atoms with Gasteiger partial charge in [0.05, 0.1) is 18.6 Å². The number of rotatable bonds is 3. The second kappa shape index (κ2) is 5.04. The number of nitriles is 1. The van der Waals surface area contributed by atoms with Crippen LogP contribution in [0.5, 0.6) is 5.75 Å². The summed E-state index contributed by atoms with van der Waals surface area (Å²) >= 11 is 6.02. The predicted octanol–water partition coefficient (Wildman–Crippen LogP) is 3.67. The maximum absolute atomic E-state index is 8.89. The molecule has 80 valence electrons. The Labute approximate surface area is 95.4 Å². The van der Waals surface area contributed by atoms with Gasteiger partial charge in [0.25, 0.3) is 0 Å². The highest BCUT2D eigenvalue weighted by molar-refractivity contribution is 6.31. The molecule has 15 heavy (non-hydrogen) atoms. The van der Waals surface area contributed by atoms with E-state index in [1.165, 1.54) is 0 Å². The second-order valence-corrected chi connectivity index (χ2v) is 3.83. The van der Waals surface area contributed by atoms with Gasteiger partial charge in [-0.3, -0.25) is 0 Å². The highest BCUT2D eigenvalue weighted by Crippen LogP contribution is 2.31. The van der Waals surface area contributed by atoms with Gasteiger partial charge in [0.15, 0.2) is 0 Å². The standard InChI is InChI=1S/C12H14ClNO/c1-4-15-12-5-8(2)11(13)6-10(12)9(3)7-14/h5-6,9H,4H2,1-3H3. The van der Waals surface area contributed by atoms with E-state index in [1.807, 2.05) is 32.9 Å². The van der Waals surface area contributed by atoms with Crippen LogP contribution in [0.15, 0.2) is 12.1 Å². The molecule has 0 amide bonds. The predicted molar refractivity (Wildman–Crippen MR) is 61.4 cm³/mol. The van der Waals surface area contributed by atoms with Crippen LogP contribution in [0.25, 0.3) is 0 Å². The largest absolute Gasteiger partial charge is 0.494 e. The molecule has 1 rings (SSSR count). The maximum Gasteiger partial charge on any atom is 0.124 e. The van der Waals surface area contributed by atoms with Crippen molar-refractivity contribution in [1.82, 2.24) is 0 Å². The van der Waals surface area contributed by atoms with Crippen molar-refractivity contribution >= 4 is 11.6 Å². The van der Waals surface area contributed by atoms with E-state index >= 15 is 0 Å². The number of hydrogen-bond acceptors (Lipinski definition) is 2. The first-order chi connectivity index (χ1) is 7.10. The maximum atomic E-state index is 8.89. The molecule has 1 unspecified atom stereocenters. The third kappa shape index (κ3) is 2.64. The first-order valence-corrected chi connectivity index (χ1v) is 5.30. The Morgan fingerprint density at radius 1 is 1.53 bits per heavy atom. The summed E-state index contributed by atoms with van der Waals surface area (Å²) in [4.78, 5) is 0. The molecule has 0 N–H and O–H groups in total. The zero-order chi connectivity index (χ0) is 11.4. The lowest BCUT2D eigenvalue weighted by Crippen LogP contribution is -2.00. The van der Waals surface area contributed by atoms with Crippen molar-refractivity contribution in [3.63, 3.8) is 0 Å². The topological polar surface area (TPSA) is 33.0 Å². The van der Waals surface area contributed by atoms with Crippen LogP contribution in [0.3, 0.4) is 0 Å². The number of nitrogens with zero attached hydrogens (tertiary/aromatic N) is 1. The number of halogens is 1. The zero-order valence-corrected chi connectivity index (χ0v) is 9.93. The molecule has 0 bridgehead atoms. The fourth-order valence-electron chi connectivity index (χ4n) is 1.36. The van der Waals surface area contributed by atoms with Gasteiger partial charge in [-0.05, 0) is 38.5 Å². The highest BCUT2D eigenvalue weighted by Gasteiger charge is 2.13. The lowest BCUT2D eigenvalue weighted by molar-refractivity contribution is 0.336. The molecule has 1 aromatic carbocycles. The van der Waals surface area contributed by atoms with Crippen LogP contribution in [-0.4, -0.2) is 6.61 Å². The van der Waals surface area contributed by atoms with E-state index in [2.05, 4.69) is 6.07 Å². The van der Waals surface area contributed by atoms with Crippen LogP contribution in [0.1, 0.15) is 30.9 Å². The first kappa shape index (κ1) is 11.9. The van der Waals surface area contributed by atoms with Gasteiger partial charge in [0, 0.05) is 10.6 Å². The smallest absolute Gasteiger partial charge is 0.124 e. The molecule has 0 fully saturated rings. The van der Waals surface area contributed by atoms with Crippen molar-refractivity contribution in [1.29, 1.82) is 5.26 Å². The van der Waals surface area contributed by atoms with Gasteiger partial charge in [-0.25, -0.2) is 0 Å². The van der Waals surface area contributed by atoms with E-state index in [0.717, 1.165) is 16.9 Å². The molecule has 0 aliphatic rings. The average Bonchev–Trinajstić information content (AvgIpc) is 2.22. The van der Waals surface area contributed by atoms with E-state index in [9.17, 15) is 0 Å². The first-order valence-electron chi connectivity index (χ1n) is 4.92. The molecule has 0 aromatic heterocycles. The van der Waals surface area contributed by atoms with Crippen molar-refractivity contribution in [3.05, 3.63) is 28.3 Å². The SMILES string of the molecule is CCOc1cc(C)c(Cl)cc1C(C)C#N. The summed E-state index contributed by atoms with van der Waals surface area (Å²) in [6.45, 7) is 6.27. The molecule has 1 aromatic rings. The Balaban J connectivity index is 3.23. The van der Waals surface area contributed by atoms with Crippen LogP contribution in [-0.2, 0) is 0 Å². The van der Waals surface area contributed by atoms with Crippen LogP contribution in [0, 0.1) is 18.3 Å². The lowest BCUT2D eigenvalue weighted by Gasteiger charge is -2.13. The fourth-order valence-corrected chi connectivity index (χ4v) is 1.53. The van der Waals surface area contributed by atoms with Crippen LogP contribution in [0.2, 0.25) is 5.02 Å². The molecular formula is C12H14ClNO. The molecule has 0 saturated heterocycles. The van der Waals surface area contributed by atoms with Crippen molar-refractivity contribution in [2.45, 2.75) is 26.7 Å². The van der Waals surface area contributed by atoms with E-state index in [1.54, 1.807) is 0 Å². The molecule has 0 radical (unpaired) electrons. The third-order valence-corrected chi connectivity index (χ3v) is 2.66. The van der Waals surface area contributed by atoms with Gasteiger partial charge in [0.1, 0.15) is 5.75 Å². The second-order valence-electron chi connectivity index (χ2n) is 3.42. The molecule has 0 heterocycles. The Morgan fingerprint density at radius 3 is 2.73 bits per heavy atom. The zero-order valence-electron chi connectivity index (χ0n) is 9.17. The molecule has 0 saturated carbocycles. The number of hydrogen-bond donors (Lipinski definition) is 0. The van der Waals surface area contributed by atoms with Gasteiger partial charge in [-0.1, -0.05) is 11.6 Å². The Kier molecular flexibility index (Phi) is 3.99. The van der Waals surface area contributed by atoms with Crippen LogP contribution >= 0.6 is 11.6 Å². The quantitative estimate of drug-likeness (QED) is 0.783. The number of benzene rings is 1. The number of aryl methyl sites for hydroxylation is 1. The summed E-state index contributed by atoms with van der Waals surface area (Å²) in [5.41, 5.74) is 1.82. The lowest BCUT2D eigenvalue weighted by atomic mass is 10.00. The molecular weight excluding hydrogens is 210 g/mol. The molecule has 0 aliphatic carbocycles. The fraction of sp³-hybridized carbons (Fsp3) is 0.417. The molecule has 2 nitrogen and oxygen atoms in total. The van der Waals surface area contributed by atoms with Gasteiger partial charge >= 0.3 is 0 Å². The van der Waals surface area contributed by atoms with E-state index in [0.29, 0.717) is 11.6 Å². The Hall–Kier alpha value is -1.20. The molecule has 0 spiro atoms. The molecule has 1 atom stereocenters. The van der Waals surface area contributed by atoms with E-state index in [4.69, 9.17) is 21.6 Å². The van der Waals surface area contributed by atoms with Gasteiger partial charge < -0.3 is 4.74 Å². The van der Waals surface area contributed by atoms with Gasteiger partial charge in [-0.2, -0.15) is 5.26 Å². The summed E-state index contributed by atoms with van der Waals surface area (Å²) in [5, 5.41) is 9.57. The van der Waals surface area contributed by atoms with E-state index in [-0.39, 0.29) is 5.92 Å². The summed E-state index contributed by atoms with van der Waals surface area (Å²) in [5.74, 6) is 0.554. The van der Waals surface area contributed by atoms with Crippen LogP contribution < -0.4 is 4.74 Å². The average molecular weight is 224 g/mol. The summed E-state index contributed by atoms with van der Waals surface area (Å²) in [6, 6.07) is 5.89. The number of ether oxygens (including phenoxy) is 1. The molecule has 3 heteroatoms. The minimum atomic E-state index is -0.204. The van der Waals surface area contributed by atoms with Gasteiger partial charge in [-0.15, -0.1) is 0 Å². The summed E-state index contributed by atoms with van der Waals surface area (Å²) in [7, 11) is 0. The summed E-state index contributed by atoms with van der Waals surface area (Å²) in [6.07, 6.45) is 0. The summed E-state index contributed by atoms with van der Waals surface area (Å²) < 4.78 is 5.49. The third-order valence-electron chi connectivity index (χ3n) is 2.25. The van der Waals surface area contributed by atoms with Crippen molar-refractivity contribution < 1.29 is 4.74 Å².